The van der Waals surface area contributed by atoms with Crippen LogP contribution in [-0.4, -0.2) is 24.5 Å². The molecule has 1 unspecified atom stereocenters. The van der Waals surface area contributed by atoms with Crippen molar-refractivity contribution in [3.05, 3.63) is 65.4 Å². The van der Waals surface area contributed by atoms with Crippen molar-refractivity contribution in [3.63, 3.8) is 0 Å². The molecular weight excluding hydrogens is 398 g/mol. The lowest BCUT2D eigenvalue weighted by molar-refractivity contribution is 0.240. The molecule has 2 N–H and O–H groups in total. The standard InChI is InChI=1S/C27H35NO2Si/c1-17(2)31(18(3)4,19(5)6)30-21-13-11-20(12-14-21)15-24-26(29)16-23-22-9-7-8-10-25(22)28-27(23)24/h7-15,17-19,26,28-29H,16H2,1-6H3/b24-15+. The van der Waals surface area contributed by atoms with E-state index in [1.165, 1.54) is 10.9 Å². The zero-order chi connectivity index (χ0) is 22.3. The van der Waals surface area contributed by atoms with Gasteiger partial charge in [0.2, 0.25) is 0 Å². The van der Waals surface area contributed by atoms with Gasteiger partial charge in [0, 0.05) is 28.6 Å². The third kappa shape index (κ3) is 3.77. The fourth-order valence-corrected chi connectivity index (χ4v) is 10.9. The maximum atomic E-state index is 10.7. The Kier molecular flexibility index (Phi) is 5.88. The van der Waals surface area contributed by atoms with Gasteiger partial charge in [-0.15, -0.1) is 0 Å². The fraction of sp³-hybridized carbons (Fsp3) is 0.407. The van der Waals surface area contributed by atoms with E-state index in [0.29, 0.717) is 23.0 Å². The Balaban J connectivity index is 1.63. The fourth-order valence-electron chi connectivity index (χ4n) is 5.67. The molecule has 0 saturated heterocycles. The molecule has 0 bridgehead atoms. The molecule has 4 rings (SSSR count). The van der Waals surface area contributed by atoms with Gasteiger partial charge >= 0.3 is 0 Å². The first-order chi connectivity index (χ1) is 14.7. The van der Waals surface area contributed by atoms with Crippen molar-refractivity contribution in [2.45, 2.75) is 70.7 Å². The summed E-state index contributed by atoms with van der Waals surface area (Å²) in [7, 11) is -1.96. The van der Waals surface area contributed by atoms with E-state index < -0.39 is 14.4 Å². The highest BCUT2D eigenvalue weighted by Crippen LogP contribution is 2.43. The molecule has 2 aromatic carbocycles. The van der Waals surface area contributed by atoms with Crippen molar-refractivity contribution in [1.29, 1.82) is 0 Å². The van der Waals surface area contributed by atoms with Crippen LogP contribution in [0.15, 0.2) is 48.5 Å². The quantitative estimate of drug-likeness (QED) is 0.404. The predicted octanol–water partition coefficient (Wildman–Crippen LogP) is 7.18. The molecule has 31 heavy (non-hydrogen) atoms. The van der Waals surface area contributed by atoms with Gasteiger partial charge in [0.25, 0.3) is 8.32 Å². The second-order valence-electron chi connectivity index (χ2n) is 9.83. The monoisotopic (exact) mass is 433 g/mol. The highest BCUT2D eigenvalue weighted by Gasteiger charge is 2.46. The summed E-state index contributed by atoms with van der Waals surface area (Å²) in [4.78, 5) is 3.51. The maximum Gasteiger partial charge on any atom is 0.258 e. The summed E-state index contributed by atoms with van der Waals surface area (Å²) < 4.78 is 6.79. The smallest absolute Gasteiger partial charge is 0.258 e. The van der Waals surface area contributed by atoms with E-state index in [1.54, 1.807) is 0 Å². The highest BCUT2D eigenvalue weighted by molar-refractivity contribution is 6.78. The molecule has 0 fully saturated rings. The topological polar surface area (TPSA) is 45.2 Å². The molecule has 1 aliphatic carbocycles. The highest BCUT2D eigenvalue weighted by atomic mass is 28.4. The van der Waals surface area contributed by atoms with Crippen LogP contribution in [0.3, 0.4) is 0 Å². The van der Waals surface area contributed by atoms with Crippen LogP contribution in [0.5, 0.6) is 5.75 Å². The Morgan fingerprint density at radius 1 is 0.935 bits per heavy atom. The van der Waals surface area contributed by atoms with E-state index in [-0.39, 0.29) is 0 Å². The van der Waals surface area contributed by atoms with Crippen LogP contribution >= 0.6 is 0 Å². The number of para-hydroxylation sites is 1. The van der Waals surface area contributed by atoms with Gasteiger partial charge in [0.05, 0.1) is 6.10 Å². The van der Waals surface area contributed by atoms with Gasteiger partial charge in [-0.1, -0.05) is 71.9 Å². The SMILES string of the molecule is CC(C)[Si](Oc1ccc(/C=C2/c3[nH]c4ccccc4c3CC2O)cc1)(C(C)C)C(C)C. The number of hydrogen-bond donors (Lipinski definition) is 2. The largest absolute Gasteiger partial charge is 0.543 e. The summed E-state index contributed by atoms with van der Waals surface area (Å²) in [5.74, 6) is 0.961. The number of benzene rings is 2. The number of aromatic amines is 1. The van der Waals surface area contributed by atoms with Gasteiger partial charge in [-0.05, 0) is 52.0 Å². The predicted molar refractivity (Wildman–Crippen MR) is 134 cm³/mol. The number of aliphatic hydroxyl groups excluding tert-OH is 1. The van der Waals surface area contributed by atoms with Crippen molar-refractivity contribution in [1.82, 2.24) is 4.98 Å². The van der Waals surface area contributed by atoms with Gasteiger partial charge in [-0.2, -0.15) is 0 Å². The second kappa shape index (κ2) is 8.32. The molecule has 0 radical (unpaired) electrons. The normalized spacial score (nSPS) is 18.0. The average molecular weight is 434 g/mol. The van der Waals surface area contributed by atoms with E-state index in [1.807, 2.05) is 6.07 Å². The summed E-state index contributed by atoms with van der Waals surface area (Å²) >= 11 is 0. The van der Waals surface area contributed by atoms with Crippen LogP contribution in [0.1, 0.15) is 58.4 Å². The molecular formula is C27H35NO2Si. The number of nitrogens with one attached hydrogen (secondary N) is 1. The lowest BCUT2D eigenvalue weighted by atomic mass is 10.1. The molecule has 1 heterocycles. The first kappa shape index (κ1) is 21.9. The molecule has 3 aromatic rings. The minimum Gasteiger partial charge on any atom is -0.543 e. The van der Waals surface area contributed by atoms with Crippen molar-refractivity contribution < 1.29 is 9.53 Å². The third-order valence-electron chi connectivity index (χ3n) is 7.06. The Hall–Kier alpha value is -2.30. The van der Waals surface area contributed by atoms with E-state index >= 15 is 0 Å². The summed E-state index contributed by atoms with van der Waals surface area (Å²) in [6.07, 6.45) is 2.30. The van der Waals surface area contributed by atoms with Crippen LogP contribution in [0, 0.1) is 0 Å². The molecule has 1 aliphatic rings. The van der Waals surface area contributed by atoms with E-state index in [0.717, 1.165) is 28.1 Å². The zero-order valence-corrected chi connectivity index (χ0v) is 20.6. The van der Waals surface area contributed by atoms with Crippen LogP contribution < -0.4 is 4.43 Å². The zero-order valence-electron chi connectivity index (χ0n) is 19.6. The third-order valence-corrected chi connectivity index (χ3v) is 13.1. The van der Waals surface area contributed by atoms with Gasteiger partial charge in [0.1, 0.15) is 5.75 Å². The van der Waals surface area contributed by atoms with Crippen molar-refractivity contribution in [2.24, 2.45) is 0 Å². The molecule has 4 heteroatoms. The molecule has 3 nitrogen and oxygen atoms in total. The number of aliphatic hydroxyl groups is 1. The summed E-state index contributed by atoms with van der Waals surface area (Å²) in [5, 5.41) is 11.9. The molecule has 1 atom stereocenters. The number of H-pyrrole nitrogens is 1. The lowest BCUT2D eigenvalue weighted by Crippen LogP contribution is -2.50. The van der Waals surface area contributed by atoms with Gasteiger partial charge in [0.15, 0.2) is 0 Å². The van der Waals surface area contributed by atoms with Crippen molar-refractivity contribution >= 4 is 30.9 Å². The van der Waals surface area contributed by atoms with Crippen LogP contribution in [-0.2, 0) is 6.42 Å². The Bertz CT molecular complexity index is 1070. The lowest BCUT2D eigenvalue weighted by Gasteiger charge is -2.42. The molecule has 0 amide bonds. The van der Waals surface area contributed by atoms with Crippen LogP contribution in [0.4, 0.5) is 0 Å². The van der Waals surface area contributed by atoms with Gasteiger partial charge in [-0.25, -0.2) is 0 Å². The van der Waals surface area contributed by atoms with Crippen LogP contribution in [0.2, 0.25) is 16.6 Å². The summed E-state index contributed by atoms with van der Waals surface area (Å²) in [6, 6.07) is 16.7. The van der Waals surface area contributed by atoms with E-state index in [9.17, 15) is 5.11 Å². The summed E-state index contributed by atoms with van der Waals surface area (Å²) in [6.45, 7) is 13.9. The second-order valence-corrected chi connectivity index (χ2v) is 15.2. The molecule has 0 spiro atoms. The molecule has 1 aromatic heterocycles. The number of fused-ring (bicyclic) bond motifs is 3. The number of aromatic nitrogens is 1. The number of rotatable bonds is 6. The maximum absolute atomic E-state index is 10.7. The number of hydrogen-bond acceptors (Lipinski definition) is 2. The Labute approximate surface area is 187 Å². The summed E-state index contributed by atoms with van der Waals surface area (Å²) in [5.41, 5.74) is 7.10. The Morgan fingerprint density at radius 2 is 1.55 bits per heavy atom. The minimum atomic E-state index is -1.96. The van der Waals surface area contributed by atoms with Gasteiger partial charge in [-0.3, -0.25) is 0 Å². The molecule has 164 valence electrons. The van der Waals surface area contributed by atoms with Crippen molar-refractivity contribution in [2.75, 3.05) is 0 Å². The average Bonchev–Trinajstić information content (AvgIpc) is 3.22. The molecule has 0 aliphatic heterocycles. The molecule has 0 saturated carbocycles. The van der Waals surface area contributed by atoms with Gasteiger partial charge < -0.3 is 14.5 Å². The first-order valence-corrected chi connectivity index (χ1v) is 13.7. The first-order valence-electron chi connectivity index (χ1n) is 11.5. The van der Waals surface area contributed by atoms with E-state index in [4.69, 9.17) is 4.43 Å². The minimum absolute atomic E-state index is 0.468. The Morgan fingerprint density at radius 3 is 2.16 bits per heavy atom. The van der Waals surface area contributed by atoms with E-state index in [2.05, 4.69) is 95.1 Å². The van der Waals surface area contributed by atoms with Crippen LogP contribution in [0.25, 0.3) is 22.6 Å². The van der Waals surface area contributed by atoms with Crippen molar-refractivity contribution in [3.8, 4) is 5.75 Å².